The van der Waals surface area contributed by atoms with Crippen LogP contribution in [0.15, 0.2) is 48.6 Å². The van der Waals surface area contributed by atoms with Crippen molar-refractivity contribution < 1.29 is 64.6 Å². The number of aliphatic hydroxyl groups excluding tert-OH is 8. The molecular formula is C65H119NO13. The first-order chi connectivity index (χ1) is 38.6. The van der Waals surface area contributed by atoms with Crippen LogP contribution in [0.2, 0.25) is 0 Å². The molecule has 12 unspecified atom stereocenters. The Labute approximate surface area is 480 Å². The standard InChI is InChI=1S/C65H119NO13/c1-3-5-7-9-11-13-15-17-19-20-21-22-23-24-25-26-27-28-29-30-31-32-33-34-35-37-39-41-43-45-47-49-57(70)66-53(54(69)48-46-44-42-40-38-36-18-16-14-12-10-8-6-4-2)52-76-64-62(75)60(73)63(56(51-68)78-64)79-65-61(74)59(72)58(71)55(50-67)77-65/h15,17,20-21,38,40,46,48,53-56,58-65,67-69,71-75H,3-14,16,18-19,22-37,39,41-45,47,49-52H2,1-2H3,(H,66,70)/b17-15-,21-20-,40-38+,48-46+. The number of hydrogen-bond acceptors (Lipinski definition) is 13. The Morgan fingerprint density at radius 2 is 0.848 bits per heavy atom. The molecule has 0 saturated carbocycles. The second-order valence-corrected chi connectivity index (χ2v) is 22.9. The third-order valence-corrected chi connectivity index (χ3v) is 15.7. The van der Waals surface area contributed by atoms with Crippen molar-refractivity contribution in [2.75, 3.05) is 19.8 Å². The zero-order valence-corrected chi connectivity index (χ0v) is 49.9. The highest BCUT2D eigenvalue weighted by atomic mass is 16.7. The summed E-state index contributed by atoms with van der Waals surface area (Å²) in [6.07, 6.45) is 47.4. The van der Waals surface area contributed by atoms with E-state index in [0.717, 1.165) is 38.5 Å². The third-order valence-electron chi connectivity index (χ3n) is 15.7. The minimum atomic E-state index is -1.79. The van der Waals surface area contributed by atoms with E-state index in [9.17, 15) is 45.6 Å². The predicted molar refractivity (Wildman–Crippen MR) is 318 cm³/mol. The molecule has 462 valence electrons. The van der Waals surface area contributed by atoms with Gasteiger partial charge >= 0.3 is 0 Å². The van der Waals surface area contributed by atoms with E-state index in [0.29, 0.717) is 12.8 Å². The molecule has 12 atom stereocenters. The van der Waals surface area contributed by atoms with Crippen LogP contribution in [0.3, 0.4) is 0 Å². The SMILES string of the molecule is CCCCCCC/C=C\C/C=C\CCCCCCCCCCCCCCCCCCCCCC(=O)NC(COC1OC(CO)C(OC2OC(CO)C(O)C(O)C2O)C(O)C1O)C(O)/C=C/CC/C=C/CCCCCCCCCC. The molecule has 9 N–H and O–H groups in total. The van der Waals surface area contributed by atoms with Crippen LogP contribution in [-0.2, 0) is 23.7 Å². The molecule has 2 rings (SSSR count). The van der Waals surface area contributed by atoms with Crippen molar-refractivity contribution in [3.63, 3.8) is 0 Å². The first kappa shape index (κ1) is 73.1. The van der Waals surface area contributed by atoms with Gasteiger partial charge in [-0.05, 0) is 64.2 Å². The molecular weight excluding hydrogens is 1000 g/mol. The molecule has 2 heterocycles. The van der Waals surface area contributed by atoms with Gasteiger partial charge in [-0.15, -0.1) is 0 Å². The van der Waals surface area contributed by atoms with Gasteiger partial charge in [0, 0.05) is 6.42 Å². The number of carbonyl (C=O) groups is 1. The van der Waals surface area contributed by atoms with Crippen LogP contribution in [0.4, 0.5) is 0 Å². The zero-order valence-electron chi connectivity index (χ0n) is 49.9. The van der Waals surface area contributed by atoms with E-state index >= 15 is 0 Å². The summed E-state index contributed by atoms with van der Waals surface area (Å²) >= 11 is 0. The molecule has 2 aliphatic heterocycles. The van der Waals surface area contributed by atoms with Crippen LogP contribution in [0.25, 0.3) is 0 Å². The molecule has 79 heavy (non-hydrogen) atoms. The number of allylic oxidation sites excluding steroid dienone is 7. The number of rotatable bonds is 52. The number of carbonyl (C=O) groups excluding carboxylic acids is 1. The van der Waals surface area contributed by atoms with E-state index in [4.69, 9.17) is 18.9 Å². The molecule has 0 aromatic rings. The minimum Gasteiger partial charge on any atom is -0.394 e. The van der Waals surface area contributed by atoms with E-state index in [2.05, 4.69) is 55.6 Å². The van der Waals surface area contributed by atoms with Crippen LogP contribution in [0, 0.1) is 0 Å². The van der Waals surface area contributed by atoms with Crippen LogP contribution in [0.5, 0.6) is 0 Å². The van der Waals surface area contributed by atoms with E-state index in [1.807, 2.05) is 6.08 Å². The van der Waals surface area contributed by atoms with Gasteiger partial charge in [0.15, 0.2) is 12.6 Å². The Morgan fingerprint density at radius 1 is 0.456 bits per heavy atom. The highest BCUT2D eigenvalue weighted by Crippen LogP contribution is 2.30. The van der Waals surface area contributed by atoms with Crippen molar-refractivity contribution in [1.29, 1.82) is 0 Å². The fourth-order valence-electron chi connectivity index (χ4n) is 10.5. The van der Waals surface area contributed by atoms with Crippen LogP contribution < -0.4 is 5.32 Å². The molecule has 14 nitrogen and oxygen atoms in total. The van der Waals surface area contributed by atoms with Gasteiger partial charge in [-0.25, -0.2) is 0 Å². The molecule has 2 saturated heterocycles. The van der Waals surface area contributed by atoms with Crippen molar-refractivity contribution in [1.82, 2.24) is 5.32 Å². The summed E-state index contributed by atoms with van der Waals surface area (Å²) in [5.74, 6) is -0.247. The number of aliphatic hydroxyl groups is 8. The van der Waals surface area contributed by atoms with E-state index in [1.54, 1.807) is 6.08 Å². The lowest BCUT2D eigenvalue weighted by atomic mass is 9.97. The van der Waals surface area contributed by atoms with Gasteiger partial charge < -0.3 is 65.1 Å². The first-order valence-electron chi connectivity index (χ1n) is 32.4. The molecule has 0 bridgehead atoms. The van der Waals surface area contributed by atoms with Crippen LogP contribution in [0.1, 0.15) is 264 Å². The Bertz CT molecular complexity index is 1510. The smallest absolute Gasteiger partial charge is 0.220 e. The topological polar surface area (TPSA) is 228 Å². The Kier molecular flexibility index (Phi) is 46.7. The van der Waals surface area contributed by atoms with E-state index in [-0.39, 0.29) is 18.9 Å². The maximum absolute atomic E-state index is 13.3. The minimum absolute atomic E-state index is 0.247. The molecule has 0 aromatic carbocycles. The predicted octanol–water partition coefficient (Wildman–Crippen LogP) is 12.0. The van der Waals surface area contributed by atoms with Gasteiger partial charge in [0.2, 0.25) is 5.91 Å². The molecule has 2 fully saturated rings. The molecule has 2 aliphatic rings. The fraction of sp³-hybridized carbons (Fsp3) is 0.862. The summed E-state index contributed by atoms with van der Waals surface area (Å²) in [5, 5.41) is 87.1. The Hall–Kier alpha value is -2.05. The van der Waals surface area contributed by atoms with Gasteiger partial charge in [-0.1, -0.05) is 242 Å². The maximum Gasteiger partial charge on any atom is 0.220 e. The van der Waals surface area contributed by atoms with Crippen LogP contribution >= 0.6 is 0 Å². The van der Waals surface area contributed by atoms with Crippen molar-refractivity contribution in [2.24, 2.45) is 0 Å². The molecule has 1 amide bonds. The van der Waals surface area contributed by atoms with Gasteiger partial charge in [-0.2, -0.15) is 0 Å². The van der Waals surface area contributed by atoms with Crippen molar-refractivity contribution in [3.8, 4) is 0 Å². The molecule has 0 spiro atoms. The number of amides is 1. The molecule has 14 heteroatoms. The normalized spacial score (nSPS) is 24.7. The number of nitrogens with one attached hydrogen (secondary N) is 1. The van der Waals surface area contributed by atoms with Crippen molar-refractivity contribution in [2.45, 2.75) is 338 Å². The summed E-state index contributed by atoms with van der Waals surface area (Å²) < 4.78 is 22.8. The second-order valence-electron chi connectivity index (χ2n) is 22.9. The number of unbranched alkanes of at least 4 members (excludes halogenated alkanes) is 33. The fourth-order valence-corrected chi connectivity index (χ4v) is 10.5. The average Bonchev–Trinajstić information content (AvgIpc) is 3.55. The zero-order chi connectivity index (χ0) is 57.4. The van der Waals surface area contributed by atoms with Gasteiger partial charge in [0.25, 0.3) is 0 Å². The third kappa shape index (κ3) is 35.6. The molecule has 0 radical (unpaired) electrons. The van der Waals surface area contributed by atoms with Gasteiger partial charge in [0.1, 0.15) is 48.8 Å². The van der Waals surface area contributed by atoms with Crippen LogP contribution in [-0.4, -0.2) is 140 Å². The summed E-state index contributed by atoms with van der Waals surface area (Å²) in [7, 11) is 0. The molecule has 0 aromatic heterocycles. The Balaban J connectivity index is 1.66. The number of hydrogen-bond donors (Lipinski definition) is 9. The average molecular weight is 1120 g/mol. The highest BCUT2D eigenvalue weighted by molar-refractivity contribution is 5.76. The quantitative estimate of drug-likeness (QED) is 0.0204. The summed E-state index contributed by atoms with van der Waals surface area (Å²) in [6, 6.07) is -0.930. The largest absolute Gasteiger partial charge is 0.394 e. The maximum atomic E-state index is 13.3. The van der Waals surface area contributed by atoms with Crippen molar-refractivity contribution >= 4 is 5.91 Å². The first-order valence-corrected chi connectivity index (χ1v) is 32.4. The second kappa shape index (κ2) is 50.5. The summed E-state index contributed by atoms with van der Waals surface area (Å²) in [6.45, 7) is 2.77. The lowest BCUT2D eigenvalue weighted by Gasteiger charge is -2.46. The van der Waals surface area contributed by atoms with Gasteiger partial charge in [0.05, 0.1) is 32.0 Å². The summed E-state index contributed by atoms with van der Waals surface area (Å²) in [5.41, 5.74) is 0. The lowest BCUT2D eigenvalue weighted by Crippen LogP contribution is -2.65. The van der Waals surface area contributed by atoms with Crippen molar-refractivity contribution in [3.05, 3.63) is 48.6 Å². The monoisotopic (exact) mass is 1120 g/mol. The van der Waals surface area contributed by atoms with E-state index < -0.39 is 86.8 Å². The molecule has 0 aliphatic carbocycles. The highest BCUT2D eigenvalue weighted by Gasteiger charge is 2.51. The van der Waals surface area contributed by atoms with E-state index in [1.165, 1.54) is 193 Å². The Morgan fingerprint density at radius 3 is 1.32 bits per heavy atom. The number of ether oxygens (including phenoxy) is 4. The summed E-state index contributed by atoms with van der Waals surface area (Å²) in [4.78, 5) is 13.3. The lowest BCUT2D eigenvalue weighted by molar-refractivity contribution is -0.359. The van der Waals surface area contributed by atoms with Gasteiger partial charge in [-0.3, -0.25) is 4.79 Å².